The molecule has 0 radical (unpaired) electrons. The minimum Gasteiger partial charge on any atom is -0.411 e. The molecule has 7 nitrogen and oxygen atoms in total. The first kappa shape index (κ1) is 22.7. The molecule has 1 N–H and O–H groups in total. The zero-order valence-electron chi connectivity index (χ0n) is 17.5. The van der Waals surface area contributed by atoms with Gasteiger partial charge in [0.05, 0.1) is 11.6 Å². The van der Waals surface area contributed by atoms with E-state index in [1.54, 1.807) is 40.9 Å². The molecule has 3 aromatic rings. The minimum atomic E-state index is -0.512. The van der Waals surface area contributed by atoms with Crippen molar-refractivity contribution in [2.24, 2.45) is 0 Å². The van der Waals surface area contributed by atoms with Crippen LogP contribution in [-0.2, 0) is 9.59 Å². The maximum atomic E-state index is 12.8. The Hall–Kier alpha value is -2.49. The number of hydrogen-bond acceptors (Lipinski definition) is 7. The number of hydrogen-bond donors (Lipinski definition) is 1. The average molecular weight is 489 g/mol. The molecule has 4 rings (SSSR count). The summed E-state index contributed by atoms with van der Waals surface area (Å²) in [7, 11) is 0. The molecule has 1 aromatic heterocycles. The summed E-state index contributed by atoms with van der Waals surface area (Å²) in [6.07, 6.45) is 0. The van der Waals surface area contributed by atoms with Gasteiger partial charge in [0.25, 0.3) is 5.22 Å². The molecule has 2 aromatic carbocycles. The summed E-state index contributed by atoms with van der Waals surface area (Å²) in [6.45, 7) is 4.02. The molecule has 0 aliphatic carbocycles. The van der Waals surface area contributed by atoms with Gasteiger partial charge in [-0.05, 0) is 61.4 Å². The van der Waals surface area contributed by atoms with Crippen molar-refractivity contribution in [3.05, 3.63) is 58.6 Å². The van der Waals surface area contributed by atoms with E-state index >= 15 is 0 Å². The highest BCUT2D eigenvalue weighted by molar-refractivity contribution is 8.00. The molecule has 166 valence electrons. The van der Waals surface area contributed by atoms with Crippen LogP contribution in [0.3, 0.4) is 0 Å². The van der Waals surface area contributed by atoms with Gasteiger partial charge in [-0.2, -0.15) is 0 Å². The lowest BCUT2D eigenvalue weighted by Gasteiger charge is -2.23. The number of nitrogens with one attached hydrogen (secondary N) is 1. The number of carbonyl (C=O) groups excluding carboxylic acids is 2. The quantitative estimate of drug-likeness (QED) is 0.505. The van der Waals surface area contributed by atoms with Crippen LogP contribution in [0, 0.1) is 13.8 Å². The fourth-order valence-corrected chi connectivity index (χ4v) is 5.09. The van der Waals surface area contributed by atoms with Gasteiger partial charge in [0.2, 0.25) is 17.7 Å². The molecule has 1 saturated heterocycles. The predicted molar refractivity (Wildman–Crippen MR) is 128 cm³/mol. The van der Waals surface area contributed by atoms with E-state index in [1.165, 1.54) is 0 Å². The molecule has 1 fully saturated rings. The summed E-state index contributed by atoms with van der Waals surface area (Å²) >= 11 is 8.62. The Morgan fingerprint density at radius 2 is 1.97 bits per heavy atom. The van der Waals surface area contributed by atoms with Crippen LogP contribution in [0.15, 0.2) is 52.1 Å². The van der Waals surface area contributed by atoms with Crippen LogP contribution in [-0.4, -0.2) is 50.3 Å². The highest BCUT2D eigenvalue weighted by atomic mass is 35.5. The summed E-state index contributed by atoms with van der Waals surface area (Å²) in [5, 5.41) is 11.9. The van der Waals surface area contributed by atoms with Crippen molar-refractivity contribution < 1.29 is 14.0 Å². The Balaban J connectivity index is 1.35. The van der Waals surface area contributed by atoms with Gasteiger partial charge in [0.15, 0.2) is 0 Å². The Morgan fingerprint density at radius 1 is 1.19 bits per heavy atom. The number of aryl methyl sites for hydroxylation is 2. The van der Waals surface area contributed by atoms with Crippen LogP contribution in [0.2, 0.25) is 5.02 Å². The molecule has 0 bridgehead atoms. The van der Waals surface area contributed by atoms with Crippen molar-refractivity contribution in [1.29, 1.82) is 0 Å². The predicted octanol–water partition coefficient (Wildman–Crippen LogP) is 4.64. The Kier molecular flexibility index (Phi) is 7.07. The van der Waals surface area contributed by atoms with Crippen LogP contribution < -0.4 is 5.32 Å². The third kappa shape index (κ3) is 5.28. The van der Waals surface area contributed by atoms with Crippen LogP contribution in [0.25, 0.3) is 11.5 Å². The van der Waals surface area contributed by atoms with E-state index in [0.717, 1.165) is 34.1 Å². The van der Waals surface area contributed by atoms with Gasteiger partial charge in [0, 0.05) is 22.0 Å². The molecule has 2 amide bonds. The van der Waals surface area contributed by atoms with Gasteiger partial charge >= 0.3 is 0 Å². The maximum Gasteiger partial charge on any atom is 0.277 e. The van der Waals surface area contributed by atoms with E-state index in [9.17, 15) is 9.59 Å². The van der Waals surface area contributed by atoms with Crippen molar-refractivity contribution in [2.45, 2.75) is 25.1 Å². The molecule has 2 heterocycles. The number of nitrogens with zero attached hydrogens (tertiary/aromatic N) is 3. The van der Waals surface area contributed by atoms with Crippen molar-refractivity contribution in [2.75, 3.05) is 22.7 Å². The summed E-state index contributed by atoms with van der Waals surface area (Å²) in [4.78, 5) is 27.2. The van der Waals surface area contributed by atoms with Gasteiger partial charge in [-0.15, -0.1) is 22.0 Å². The van der Waals surface area contributed by atoms with Crippen molar-refractivity contribution >= 4 is 52.6 Å². The number of carbonyl (C=O) groups is 2. The first-order valence-corrected chi connectivity index (χ1v) is 12.4. The number of anilines is 1. The number of amides is 2. The lowest BCUT2D eigenvalue weighted by molar-refractivity contribution is -0.134. The van der Waals surface area contributed by atoms with Crippen molar-refractivity contribution in [3.8, 4) is 11.5 Å². The van der Waals surface area contributed by atoms with E-state index < -0.39 is 6.04 Å². The minimum absolute atomic E-state index is 0.107. The number of rotatable bonds is 6. The third-order valence-corrected chi connectivity index (χ3v) is 7.16. The first-order valence-electron chi connectivity index (χ1n) is 9.88. The zero-order chi connectivity index (χ0) is 22.7. The van der Waals surface area contributed by atoms with Crippen LogP contribution in [0.1, 0.15) is 11.1 Å². The average Bonchev–Trinajstić information content (AvgIpc) is 3.45. The molecule has 1 unspecified atom stereocenters. The van der Waals surface area contributed by atoms with E-state index in [4.69, 9.17) is 16.0 Å². The molecule has 1 aliphatic rings. The van der Waals surface area contributed by atoms with E-state index in [0.29, 0.717) is 27.8 Å². The largest absolute Gasteiger partial charge is 0.411 e. The van der Waals surface area contributed by atoms with Crippen molar-refractivity contribution in [1.82, 2.24) is 15.1 Å². The molecule has 1 atom stereocenters. The second kappa shape index (κ2) is 9.97. The fourth-order valence-electron chi connectivity index (χ4n) is 3.13. The van der Waals surface area contributed by atoms with Gasteiger partial charge in [-0.1, -0.05) is 29.4 Å². The summed E-state index contributed by atoms with van der Waals surface area (Å²) in [6, 6.07) is 12.3. The lowest BCUT2D eigenvalue weighted by Crippen LogP contribution is -2.45. The molecule has 1 aliphatic heterocycles. The Bertz CT molecular complexity index is 1140. The second-order valence-electron chi connectivity index (χ2n) is 7.34. The van der Waals surface area contributed by atoms with Crippen LogP contribution in [0.5, 0.6) is 0 Å². The van der Waals surface area contributed by atoms with Crippen LogP contribution in [0.4, 0.5) is 5.69 Å². The van der Waals surface area contributed by atoms with Crippen LogP contribution >= 0.6 is 35.1 Å². The first-order chi connectivity index (χ1) is 15.4. The second-order valence-corrected chi connectivity index (χ2v) is 9.70. The highest BCUT2D eigenvalue weighted by Gasteiger charge is 2.34. The zero-order valence-corrected chi connectivity index (χ0v) is 19.9. The summed E-state index contributed by atoms with van der Waals surface area (Å²) in [5.41, 5.74) is 3.75. The summed E-state index contributed by atoms with van der Waals surface area (Å²) in [5.74, 6) is 1.18. The number of benzene rings is 2. The van der Waals surface area contributed by atoms with E-state index in [-0.39, 0.29) is 17.6 Å². The molecular weight excluding hydrogens is 468 g/mol. The molecule has 0 saturated carbocycles. The van der Waals surface area contributed by atoms with Gasteiger partial charge in [-0.25, -0.2) is 0 Å². The maximum absolute atomic E-state index is 12.8. The standard InChI is InChI=1S/C22H21ClN4O3S2/c1-13-3-8-17(9-14(13)2)24-20(29)18-10-31-12-27(18)19(28)11-32-22-26-25-21(30-22)15-4-6-16(23)7-5-15/h3-9,18H,10-12H2,1-2H3,(H,24,29). The van der Waals surface area contributed by atoms with Gasteiger partial charge in [0.1, 0.15) is 6.04 Å². The number of halogens is 1. The fraction of sp³-hybridized carbons (Fsp3) is 0.273. The van der Waals surface area contributed by atoms with Gasteiger partial charge < -0.3 is 14.6 Å². The molecular formula is C22H21ClN4O3S2. The summed E-state index contributed by atoms with van der Waals surface area (Å²) < 4.78 is 5.64. The number of thioether (sulfide) groups is 2. The lowest BCUT2D eigenvalue weighted by atomic mass is 10.1. The Morgan fingerprint density at radius 3 is 2.72 bits per heavy atom. The number of aromatic nitrogens is 2. The monoisotopic (exact) mass is 488 g/mol. The third-order valence-electron chi connectivity index (χ3n) is 5.10. The molecule has 10 heteroatoms. The SMILES string of the molecule is Cc1ccc(NC(=O)C2CSCN2C(=O)CSc2nnc(-c3ccc(Cl)cc3)o2)cc1C. The smallest absolute Gasteiger partial charge is 0.277 e. The molecule has 0 spiro atoms. The highest BCUT2D eigenvalue weighted by Crippen LogP contribution is 2.27. The van der Waals surface area contributed by atoms with E-state index in [2.05, 4.69) is 15.5 Å². The topological polar surface area (TPSA) is 88.3 Å². The normalized spacial score (nSPS) is 15.7. The van der Waals surface area contributed by atoms with Crippen molar-refractivity contribution in [3.63, 3.8) is 0 Å². The van der Waals surface area contributed by atoms with Gasteiger partial charge in [-0.3, -0.25) is 9.59 Å². The van der Waals surface area contributed by atoms with E-state index in [1.807, 2.05) is 32.0 Å². The Labute approximate surface area is 199 Å². The molecule has 32 heavy (non-hydrogen) atoms.